The van der Waals surface area contributed by atoms with Crippen LogP contribution in [0, 0.1) is 28.6 Å². The van der Waals surface area contributed by atoms with Gasteiger partial charge in [-0.2, -0.15) is 0 Å². The number of benzene rings is 1. The first-order valence-electron chi connectivity index (χ1n) is 11.1. The second kappa shape index (κ2) is 6.42. The summed E-state index contributed by atoms with van der Waals surface area (Å²) in [4.78, 5) is 13.4. The van der Waals surface area contributed by atoms with Crippen LogP contribution >= 0.6 is 0 Å². The van der Waals surface area contributed by atoms with Crippen LogP contribution in [0.5, 0.6) is 0 Å². The number of carbonyl (C=O) groups excluding carboxylic acids is 1. The van der Waals surface area contributed by atoms with Crippen molar-refractivity contribution in [3.05, 3.63) is 53.1 Å². The summed E-state index contributed by atoms with van der Waals surface area (Å²) in [5.74, 6) is 2.14. The van der Waals surface area contributed by atoms with Crippen LogP contribution in [-0.2, 0) is 4.79 Å². The van der Waals surface area contributed by atoms with Gasteiger partial charge in [0.2, 0.25) is 0 Å². The number of aliphatic hydroxyl groups excluding tert-OH is 1. The first-order valence-corrected chi connectivity index (χ1v) is 11.1. The third-order valence-electron chi connectivity index (χ3n) is 8.86. The Morgan fingerprint density at radius 2 is 1.75 bits per heavy atom. The highest BCUT2D eigenvalue weighted by Gasteiger charge is 2.59. The van der Waals surface area contributed by atoms with E-state index in [-0.39, 0.29) is 16.9 Å². The van der Waals surface area contributed by atoms with Gasteiger partial charge in [0.1, 0.15) is 0 Å². The normalized spacial score (nSPS) is 43.9. The molecule has 3 saturated carbocycles. The molecule has 0 amide bonds. The predicted octanol–water partition coefficient (Wildman–Crippen LogP) is 5.57. The van der Waals surface area contributed by atoms with Crippen molar-refractivity contribution in [1.29, 1.82) is 0 Å². The Morgan fingerprint density at radius 3 is 2.54 bits per heavy atom. The molecule has 4 aliphatic rings. The molecule has 28 heavy (non-hydrogen) atoms. The molecule has 0 aliphatic heterocycles. The smallest absolute Gasteiger partial charge is 0.165 e. The van der Waals surface area contributed by atoms with Crippen molar-refractivity contribution in [3.63, 3.8) is 0 Å². The maximum absolute atomic E-state index is 13.4. The van der Waals surface area contributed by atoms with Crippen molar-refractivity contribution in [2.45, 2.75) is 64.9 Å². The fourth-order valence-corrected chi connectivity index (χ4v) is 7.19. The Bertz CT molecular complexity index is 850. The molecule has 4 aliphatic carbocycles. The SMILES string of the molecule is C[C@]12CC[C@H](O)CC1=CC[C@@H]1[C@H]2CC[C@]2(C)C(=O)/C(=C/c3ccccc3)C[C@H]12. The fourth-order valence-electron chi connectivity index (χ4n) is 7.19. The third kappa shape index (κ3) is 2.60. The van der Waals surface area contributed by atoms with Gasteiger partial charge in [-0.3, -0.25) is 4.79 Å². The third-order valence-corrected chi connectivity index (χ3v) is 8.86. The van der Waals surface area contributed by atoms with Gasteiger partial charge < -0.3 is 5.11 Å². The highest BCUT2D eigenvalue weighted by molar-refractivity contribution is 6.05. The molecule has 148 valence electrons. The molecular formula is C26H32O2. The summed E-state index contributed by atoms with van der Waals surface area (Å²) in [5, 5.41) is 10.2. The zero-order valence-corrected chi connectivity index (χ0v) is 17.2. The van der Waals surface area contributed by atoms with Crippen molar-refractivity contribution in [1.82, 2.24) is 0 Å². The number of hydrogen-bond donors (Lipinski definition) is 1. The number of carbonyl (C=O) groups is 1. The quantitative estimate of drug-likeness (QED) is 0.514. The highest BCUT2D eigenvalue weighted by Crippen LogP contribution is 2.64. The van der Waals surface area contributed by atoms with E-state index in [4.69, 9.17) is 0 Å². The van der Waals surface area contributed by atoms with Crippen molar-refractivity contribution in [3.8, 4) is 0 Å². The van der Waals surface area contributed by atoms with E-state index in [2.05, 4.69) is 38.1 Å². The molecule has 1 aromatic carbocycles. The maximum Gasteiger partial charge on any atom is 0.165 e. The molecule has 5 rings (SSSR count). The average Bonchev–Trinajstić information content (AvgIpc) is 2.94. The van der Waals surface area contributed by atoms with Gasteiger partial charge in [-0.15, -0.1) is 0 Å². The minimum atomic E-state index is -0.183. The van der Waals surface area contributed by atoms with Gasteiger partial charge in [0.15, 0.2) is 5.78 Å². The van der Waals surface area contributed by atoms with Gasteiger partial charge in [0, 0.05) is 5.41 Å². The van der Waals surface area contributed by atoms with Crippen LogP contribution in [-0.4, -0.2) is 17.0 Å². The Balaban J connectivity index is 1.48. The van der Waals surface area contributed by atoms with E-state index in [1.54, 1.807) is 0 Å². The summed E-state index contributed by atoms with van der Waals surface area (Å²) in [6.07, 6.45) is 11.5. The van der Waals surface area contributed by atoms with E-state index >= 15 is 0 Å². The number of Topliss-reactive ketones (excluding diaryl/α,β-unsaturated/α-hetero) is 1. The zero-order valence-electron chi connectivity index (χ0n) is 17.2. The highest BCUT2D eigenvalue weighted by atomic mass is 16.3. The van der Waals surface area contributed by atoms with Crippen molar-refractivity contribution in [2.24, 2.45) is 28.6 Å². The minimum absolute atomic E-state index is 0.154. The maximum atomic E-state index is 13.4. The molecule has 0 heterocycles. The van der Waals surface area contributed by atoms with Crippen LogP contribution in [0.1, 0.15) is 64.4 Å². The Labute approximate surface area is 168 Å². The molecule has 1 aromatic rings. The van der Waals surface area contributed by atoms with Gasteiger partial charge in [0.25, 0.3) is 0 Å². The van der Waals surface area contributed by atoms with Gasteiger partial charge in [-0.1, -0.05) is 55.8 Å². The van der Waals surface area contributed by atoms with Gasteiger partial charge >= 0.3 is 0 Å². The number of aliphatic hydroxyl groups is 1. The Morgan fingerprint density at radius 1 is 1.00 bits per heavy atom. The Hall–Kier alpha value is -1.67. The van der Waals surface area contributed by atoms with Crippen molar-refractivity contribution >= 4 is 11.9 Å². The number of hydrogen-bond acceptors (Lipinski definition) is 2. The lowest BCUT2D eigenvalue weighted by Crippen LogP contribution is -2.50. The number of rotatable bonds is 1. The van der Waals surface area contributed by atoms with E-state index in [0.29, 0.717) is 23.5 Å². The lowest BCUT2D eigenvalue weighted by molar-refractivity contribution is -0.130. The molecule has 0 aromatic heterocycles. The van der Waals surface area contributed by atoms with E-state index in [9.17, 15) is 9.90 Å². The molecule has 0 radical (unpaired) electrons. The van der Waals surface area contributed by atoms with Gasteiger partial charge in [0.05, 0.1) is 6.10 Å². The summed E-state index contributed by atoms with van der Waals surface area (Å²) in [7, 11) is 0. The molecule has 2 heteroatoms. The summed E-state index contributed by atoms with van der Waals surface area (Å²) in [5.41, 5.74) is 3.73. The fraction of sp³-hybridized carbons (Fsp3) is 0.577. The second-order valence-electron chi connectivity index (χ2n) is 10.2. The molecule has 0 unspecified atom stereocenters. The molecule has 0 saturated heterocycles. The first-order chi connectivity index (χ1) is 13.4. The van der Waals surface area contributed by atoms with Crippen LogP contribution in [0.25, 0.3) is 6.08 Å². The van der Waals surface area contributed by atoms with Crippen LogP contribution in [0.15, 0.2) is 47.6 Å². The molecule has 3 fully saturated rings. The topological polar surface area (TPSA) is 37.3 Å². The number of allylic oxidation sites excluding steroid dienone is 2. The van der Waals surface area contributed by atoms with Gasteiger partial charge in [-0.05, 0) is 85.3 Å². The van der Waals surface area contributed by atoms with Gasteiger partial charge in [-0.25, -0.2) is 0 Å². The molecule has 0 spiro atoms. The lowest BCUT2D eigenvalue weighted by atomic mass is 9.48. The van der Waals surface area contributed by atoms with Crippen molar-refractivity contribution < 1.29 is 9.90 Å². The second-order valence-corrected chi connectivity index (χ2v) is 10.2. The first kappa shape index (κ1) is 18.4. The largest absolute Gasteiger partial charge is 0.393 e. The van der Waals surface area contributed by atoms with Crippen LogP contribution in [0.4, 0.5) is 0 Å². The summed E-state index contributed by atoms with van der Waals surface area (Å²) in [6, 6.07) is 10.3. The van der Waals surface area contributed by atoms with Crippen molar-refractivity contribution in [2.75, 3.05) is 0 Å². The predicted molar refractivity (Wildman–Crippen MR) is 113 cm³/mol. The Kier molecular flexibility index (Phi) is 4.21. The van der Waals surface area contributed by atoms with Crippen LogP contribution in [0.3, 0.4) is 0 Å². The molecule has 1 N–H and O–H groups in total. The summed E-state index contributed by atoms with van der Waals surface area (Å²) in [6.45, 7) is 4.69. The standard InChI is InChI=1S/C26H32O2/c1-25-12-10-20(27)16-19(25)8-9-21-22(25)11-13-26(2)23(21)15-18(24(26)28)14-17-6-4-3-5-7-17/h3-8,14,20-23,27H,9-13,15-16H2,1-2H3/b18-14+/t20-,21+,22+,23+,25-,26-/m0/s1. The monoisotopic (exact) mass is 376 g/mol. The van der Waals surface area contributed by atoms with E-state index in [1.807, 2.05) is 18.2 Å². The van der Waals surface area contributed by atoms with Crippen LogP contribution < -0.4 is 0 Å². The molecule has 2 nitrogen and oxygen atoms in total. The lowest BCUT2D eigenvalue weighted by Gasteiger charge is -2.56. The number of fused-ring (bicyclic) bond motifs is 5. The van der Waals surface area contributed by atoms with E-state index < -0.39 is 0 Å². The molecule has 0 bridgehead atoms. The van der Waals surface area contributed by atoms with Crippen LogP contribution in [0.2, 0.25) is 0 Å². The summed E-state index contributed by atoms with van der Waals surface area (Å²) < 4.78 is 0. The average molecular weight is 377 g/mol. The zero-order chi connectivity index (χ0) is 19.5. The van der Waals surface area contributed by atoms with E-state index in [1.165, 1.54) is 5.57 Å². The summed E-state index contributed by atoms with van der Waals surface area (Å²) >= 11 is 0. The molecule has 6 atom stereocenters. The van der Waals surface area contributed by atoms with E-state index in [0.717, 1.165) is 56.1 Å². The minimum Gasteiger partial charge on any atom is -0.393 e. The number of ketones is 1. The molecular weight excluding hydrogens is 344 g/mol.